The van der Waals surface area contributed by atoms with Crippen molar-refractivity contribution in [3.8, 4) is 0 Å². The van der Waals surface area contributed by atoms with Crippen molar-refractivity contribution in [2.75, 3.05) is 6.54 Å². The van der Waals surface area contributed by atoms with Crippen molar-refractivity contribution in [1.82, 2.24) is 5.32 Å². The Morgan fingerprint density at radius 3 is 3.00 bits per heavy atom. The van der Waals surface area contributed by atoms with Crippen molar-refractivity contribution in [1.29, 1.82) is 0 Å². The van der Waals surface area contributed by atoms with E-state index in [2.05, 4.69) is 5.32 Å². The van der Waals surface area contributed by atoms with Gasteiger partial charge in [0.2, 0.25) is 0 Å². The van der Waals surface area contributed by atoms with Gasteiger partial charge in [-0.2, -0.15) is 0 Å². The molecule has 1 N–H and O–H groups in total. The fourth-order valence-electron chi connectivity index (χ4n) is 2.12. The number of halogens is 2. The molecule has 1 aromatic rings. The Morgan fingerprint density at radius 1 is 1.47 bits per heavy atom. The van der Waals surface area contributed by atoms with Crippen molar-refractivity contribution in [3.05, 3.63) is 34.6 Å². The van der Waals surface area contributed by atoms with Gasteiger partial charge in [-0.15, -0.1) is 0 Å². The first kappa shape index (κ1) is 12.5. The van der Waals surface area contributed by atoms with E-state index in [1.165, 1.54) is 18.2 Å². The minimum atomic E-state index is -0.362. The molecule has 4 heteroatoms. The summed E-state index contributed by atoms with van der Waals surface area (Å²) in [4.78, 5) is 12.0. The summed E-state index contributed by atoms with van der Waals surface area (Å²) < 4.78 is 13.5. The van der Waals surface area contributed by atoms with Gasteiger partial charge in [-0.3, -0.25) is 4.79 Å². The first-order valence-electron chi connectivity index (χ1n) is 5.87. The number of rotatable bonds is 3. The van der Waals surface area contributed by atoms with Crippen LogP contribution in [0.5, 0.6) is 0 Å². The maximum Gasteiger partial charge on any atom is 0.154 e. The van der Waals surface area contributed by atoms with E-state index in [-0.39, 0.29) is 24.1 Å². The fraction of sp³-hybridized carbons (Fsp3) is 0.462. The third-order valence-corrected chi connectivity index (χ3v) is 3.31. The van der Waals surface area contributed by atoms with Gasteiger partial charge in [0.1, 0.15) is 5.82 Å². The lowest BCUT2D eigenvalue weighted by Crippen LogP contribution is -2.41. The standard InChI is InChI=1S/C13H15ClFNO/c14-10-4-5-11(15)9(7-10)8-13(17)12-3-1-2-6-16-12/h4-5,7,12,16H,1-3,6,8H2. The predicted molar refractivity (Wildman–Crippen MR) is 65.8 cm³/mol. The lowest BCUT2D eigenvalue weighted by atomic mass is 9.96. The fourth-order valence-corrected chi connectivity index (χ4v) is 2.31. The molecule has 0 aliphatic carbocycles. The first-order valence-corrected chi connectivity index (χ1v) is 6.24. The van der Waals surface area contributed by atoms with E-state index in [4.69, 9.17) is 11.6 Å². The molecule has 0 radical (unpaired) electrons. The van der Waals surface area contributed by atoms with Crippen LogP contribution in [0.1, 0.15) is 24.8 Å². The van der Waals surface area contributed by atoms with Crippen LogP contribution in [0.15, 0.2) is 18.2 Å². The zero-order valence-corrected chi connectivity index (χ0v) is 10.3. The molecule has 0 aromatic heterocycles. The molecule has 1 aliphatic rings. The summed E-state index contributed by atoms with van der Waals surface area (Å²) in [6.07, 6.45) is 3.13. The summed E-state index contributed by atoms with van der Waals surface area (Å²) in [5, 5.41) is 3.63. The van der Waals surface area contributed by atoms with Crippen LogP contribution < -0.4 is 5.32 Å². The monoisotopic (exact) mass is 255 g/mol. The molecule has 1 saturated heterocycles. The van der Waals surface area contributed by atoms with E-state index >= 15 is 0 Å². The summed E-state index contributed by atoms with van der Waals surface area (Å²) in [6, 6.07) is 4.20. The summed E-state index contributed by atoms with van der Waals surface area (Å²) >= 11 is 5.79. The van der Waals surface area contributed by atoms with Gasteiger partial charge in [-0.25, -0.2) is 4.39 Å². The van der Waals surface area contributed by atoms with E-state index < -0.39 is 0 Å². The average molecular weight is 256 g/mol. The van der Waals surface area contributed by atoms with Crippen molar-refractivity contribution < 1.29 is 9.18 Å². The van der Waals surface area contributed by atoms with Crippen molar-refractivity contribution in [2.45, 2.75) is 31.7 Å². The van der Waals surface area contributed by atoms with Crippen LogP contribution >= 0.6 is 11.6 Å². The summed E-state index contributed by atoms with van der Waals surface area (Å²) in [7, 11) is 0. The Hall–Kier alpha value is -0.930. The summed E-state index contributed by atoms with van der Waals surface area (Å²) in [5.74, 6) is -0.315. The van der Waals surface area contributed by atoms with Gasteiger partial charge >= 0.3 is 0 Å². The maximum atomic E-state index is 13.5. The number of carbonyl (C=O) groups is 1. The minimum absolute atomic E-state index is 0.0471. The van der Waals surface area contributed by atoms with Gasteiger partial charge in [0.15, 0.2) is 5.78 Å². The molecule has 0 spiro atoms. The number of Topliss-reactive ketones (excluding diaryl/α,β-unsaturated/α-hetero) is 1. The van der Waals surface area contributed by atoms with E-state index in [9.17, 15) is 9.18 Å². The zero-order valence-electron chi connectivity index (χ0n) is 9.51. The van der Waals surface area contributed by atoms with Crippen molar-refractivity contribution in [2.24, 2.45) is 0 Å². The topological polar surface area (TPSA) is 29.1 Å². The highest BCUT2D eigenvalue weighted by atomic mass is 35.5. The Bertz CT molecular complexity index is 416. The highest BCUT2D eigenvalue weighted by molar-refractivity contribution is 6.30. The van der Waals surface area contributed by atoms with Crippen molar-refractivity contribution >= 4 is 17.4 Å². The third-order valence-electron chi connectivity index (χ3n) is 3.07. The number of nitrogens with one attached hydrogen (secondary N) is 1. The molecule has 1 aliphatic heterocycles. The number of ketones is 1. The van der Waals surface area contributed by atoms with Crippen LogP contribution in [0.4, 0.5) is 4.39 Å². The molecule has 17 heavy (non-hydrogen) atoms. The Labute approximate surface area is 105 Å². The van der Waals surface area contributed by atoms with E-state index in [0.717, 1.165) is 25.8 Å². The molecule has 0 saturated carbocycles. The Morgan fingerprint density at radius 2 is 2.29 bits per heavy atom. The van der Waals surface area contributed by atoms with Gasteiger partial charge in [-0.1, -0.05) is 18.0 Å². The second kappa shape index (κ2) is 5.61. The van der Waals surface area contributed by atoms with Gasteiger partial charge in [-0.05, 0) is 43.1 Å². The van der Waals surface area contributed by atoms with Gasteiger partial charge in [0, 0.05) is 11.4 Å². The largest absolute Gasteiger partial charge is 0.307 e. The van der Waals surface area contributed by atoms with Crippen LogP contribution in [0, 0.1) is 5.82 Å². The molecular weight excluding hydrogens is 241 g/mol. The quantitative estimate of drug-likeness (QED) is 0.900. The minimum Gasteiger partial charge on any atom is -0.307 e. The molecule has 1 fully saturated rings. The lowest BCUT2D eigenvalue weighted by Gasteiger charge is -2.22. The highest BCUT2D eigenvalue weighted by Crippen LogP contribution is 2.17. The molecule has 1 heterocycles. The maximum absolute atomic E-state index is 13.5. The van der Waals surface area contributed by atoms with Crippen molar-refractivity contribution in [3.63, 3.8) is 0 Å². The summed E-state index contributed by atoms with van der Waals surface area (Å²) in [6.45, 7) is 0.869. The van der Waals surface area contributed by atoms with Gasteiger partial charge in [0.25, 0.3) is 0 Å². The van der Waals surface area contributed by atoms with E-state index in [1.54, 1.807) is 0 Å². The van der Waals surface area contributed by atoms with Crippen LogP contribution in [0.2, 0.25) is 5.02 Å². The van der Waals surface area contributed by atoms with Gasteiger partial charge < -0.3 is 5.32 Å². The Kier molecular flexibility index (Phi) is 4.13. The van der Waals surface area contributed by atoms with Crippen LogP contribution in [0.3, 0.4) is 0 Å². The number of piperidine rings is 1. The Balaban J connectivity index is 2.04. The molecule has 0 bridgehead atoms. The number of carbonyl (C=O) groups excluding carboxylic acids is 1. The number of benzene rings is 1. The van der Waals surface area contributed by atoms with Crippen LogP contribution in [-0.4, -0.2) is 18.4 Å². The summed E-state index contributed by atoms with van der Waals surface area (Å²) in [5.41, 5.74) is 0.384. The predicted octanol–water partition coefficient (Wildman–Crippen LogP) is 2.73. The van der Waals surface area contributed by atoms with Crippen LogP contribution in [-0.2, 0) is 11.2 Å². The van der Waals surface area contributed by atoms with E-state index in [0.29, 0.717) is 10.6 Å². The molecule has 1 atom stereocenters. The second-order valence-electron chi connectivity index (χ2n) is 4.38. The van der Waals surface area contributed by atoms with Crippen LogP contribution in [0.25, 0.3) is 0 Å². The molecule has 0 amide bonds. The zero-order chi connectivity index (χ0) is 12.3. The SMILES string of the molecule is O=C(Cc1cc(Cl)ccc1F)C1CCCCN1. The molecule has 2 rings (SSSR count). The normalized spacial score (nSPS) is 20.2. The number of hydrogen-bond acceptors (Lipinski definition) is 2. The smallest absolute Gasteiger partial charge is 0.154 e. The third kappa shape index (κ3) is 3.27. The lowest BCUT2D eigenvalue weighted by molar-refractivity contribution is -0.121. The first-order chi connectivity index (χ1) is 8.16. The van der Waals surface area contributed by atoms with Gasteiger partial charge in [0.05, 0.1) is 6.04 Å². The highest BCUT2D eigenvalue weighted by Gasteiger charge is 2.21. The number of hydrogen-bond donors (Lipinski definition) is 1. The second-order valence-corrected chi connectivity index (χ2v) is 4.82. The molecule has 92 valence electrons. The average Bonchev–Trinajstić information content (AvgIpc) is 2.35. The molecule has 1 aromatic carbocycles. The van der Waals surface area contributed by atoms with E-state index in [1.807, 2.05) is 0 Å². The molecule has 2 nitrogen and oxygen atoms in total. The molecule has 1 unspecified atom stereocenters. The molecular formula is C13H15ClFNO.